The zero-order chi connectivity index (χ0) is 10.4. The van der Waals surface area contributed by atoms with Gasteiger partial charge in [0.1, 0.15) is 0 Å². The van der Waals surface area contributed by atoms with E-state index < -0.39 is 6.03 Å². The number of rotatable bonds is 3. The van der Waals surface area contributed by atoms with Gasteiger partial charge in [0, 0.05) is 6.20 Å². The average Bonchev–Trinajstić information content (AvgIpc) is 2.26. The maximum Gasteiger partial charge on any atom is 0.369 e. The van der Waals surface area contributed by atoms with Gasteiger partial charge in [0.15, 0.2) is 0 Å². The van der Waals surface area contributed by atoms with E-state index in [1.807, 2.05) is 0 Å². The zero-order valence-electron chi connectivity index (χ0n) is 7.67. The Bertz CT molecular complexity index is 291. The molecule has 0 radical (unpaired) electrons. The molecule has 0 unspecified atom stereocenters. The fourth-order valence-corrected chi connectivity index (χ4v) is 0.899. The van der Waals surface area contributed by atoms with Gasteiger partial charge in [0.2, 0.25) is 0 Å². The summed E-state index contributed by atoms with van der Waals surface area (Å²) in [6, 6.07) is 2.53. The van der Waals surface area contributed by atoms with Crippen molar-refractivity contribution in [1.29, 1.82) is 0 Å². The minimum Gasteiger partial charge on any atom is -0.287 e. The van der Waals surface area contributed by atoms with Crippen LogP contribution in [-0.2, 0) is 4.84 Å². The Labute approximate surface area is 81.0 Å². The average molecular weight is 197 g/mol. The van der Waals surface area contributed by atoms with Gasteiger partial charge < -0.3 is 0 Å². The van der Waals surface area contributed by atoms with Gasteiger partial charge in [-0.2, -0.15) is 5.06 Å². The maximum atomic E-state index is 11.1. The highest BCUT2D eigenvalue weighted by Crippen LogP contribution is 2.11. The normalized spacial score (nSPS) is 9.57. The van der Waals surface area contributed by atoms with Crippen LogP contribution in [0.2, 0.25) is 0 Å². The van der Waals surface area contributed by atoms with Crippen LogP contribution in [0.25, 0.3) is 0 Å². The van der Waals surface area contributed by atoms with Crippen molar-refractivity contribution < 1.29 is 14.8 Å². The molecule has 0 bridgehead atoms. The number of pyridine rings is 1. The van der Waals surface area contributed by atoms with E-state index in [2.05, 4.69) is 4.98 Å². The third-order valence-electron chi connectivity index (χ3n) is 1.42. The second-order valence-corrected chi connectivity index (χ2v) is 2.34. The molecule has 2 amide bonds. The Balaban J connectivity index is 2.83. The Hall–Kier alpha value is -1.66. The first-order valence-electron chi connectivity index (χ1n) is 4.06. The van der Waals surface area contributed by atoms with Crippen molar-refractivity contribution in [1.82, 2.24) is 10.5 Å². The van der Waals surface area contributed by atoms with Gasteiger partial charge in [-0.25, -0.2) is 10.3 Å². The van der Waals surface area contributed by atoms with Crippen molar-refractivity contribution in [3.05, 3.63) is 24.5 Å². The summed E-state index contributed by atoms with van der Waals surface area (Å²) in [5, 5.41) is 9.38. The van der Waals surface area contributed by atoms with E-state index in [1.54, 1.807) is 25.3 Å². The van der Waals surface area contributed by atoms with E-state index in [0.29, 0.717) is 12.3 Å². The van der Waals surface area contributed by atoms with Gasteiger partial charge in [-0.3, -0.25) is 15.0 Å². The molecule has 14 heavy (non-hydrogen) atoms. The number of hydrogen-bond donors (Lipinski definition) is 2. The largest absolute Gasteiger partial charge is 0.369 e. The van der Waals surface area contributed by atoms with Crippen LogP contribution >= 0.6 is 0 Å². The number of nitrogens with one attached hydrogen (secondary N) is 1. The molecule has 0 aliphatic rings. The van der Waals surface area contributed by atoms with Gasteiger partial charge in [-0.15, -0.1) is 0 Å². The molecule has 0 aliphatic heterocycles. The van der Waals surface area contributed by atoms with Gasteiger partial charge in [0.25, 0.3) is 0 Å². The Morgan fingerprint density at radius 3 is 3.07 bits per heavy atom. The molecule has 0 spiro atoms. The summed E-state index contributed by atoms with van der Waals surface area (Å²) in [4.78, 5) is 19.9. The number of carbonyl (C=O) groups is 1. The Kier molecular flexibility index (Phi) is 3.84. The van der Waals surface area contributed by atoms with Crippen LogP contribution < -0.4 is 10.5 Å². The molecule has 1 aromatic rings. The molecule has 1 rings (SSSR count). The number of aromatic nitrogens is 1. The fourth-order valence-electron chi connectivity index (χ4n) is 0.899. The molecular weight excluding hydrogens is 186 g/mol. The second-order valence-electron chi connectivity index (χ2n) is 2.34. The van der Waals surface area contributed by atoms with Gasteiger partial charge >= 0.3 is 6.03 Å². The summed E-state index contributed by atoms with van der Waals surface area (Å²) in [6.07, 6.45) is 3.02. The molecule has 76 valence electrons. The topological polar surface area (TPSA) is 74.7 Å². The first-order chi connectivity index (χ1) is 6.79. The lowest BCUT2D eigenvalue weighted by molar-refractivity contribution is 0.100. The van der Waals surface area contributed by atoms with Crippen molar-refractivity contribution in [3.63, 3.8) is 0 Å². The van der Waals surface area contributed by atoms with Gasteiger partial charge in [-0.05, 0) is 19.1 Å². The third kappa shape index (κ3) is 2.41. The quantitative estimate of drug-likeness (QED) is 0.558. The molecule has 0 saturated carbocycles. The number of carbonyl (C=O) groups excluding carboxylic acids is 1. The predicted octanol–water partition coefficient (Wildman–Crippen LogP) is 0.938. The van der Waals surface area contributed by atoms with Crippen LogP contribution in [-0.4, -0.2) is 22.8 Å². The molecule has 0 fully saturated rings. The number of hydroxylamine groups is 2. The first-order valence-corrected chi connectivity index (χ1v) is 4.06. The predicted molar refractivity (Wildman–Crippen MR) is 48.7 cm³/mol. The summed E-state index contributed by atoms with van der Waals surface area (Å²) in [7, 11) is 0. The van der Waals surface area contributed by atoms with Gasteiger partial charge in [-0.1, -0.05) is 0 Å². The lowest BCUT2D eigenvalue weighted by Gasteiger charge is -2.19. The number of urea groups is 1. The standard InChI is InChI=1S/C8H11N3O3/c1-2-14-11(8(12)10-13)7-4-3-5-9-6-7/h3-6,13H,2H2,1H3,(H,10,12). The minimum absolute atomic E-state index is 0.308. The van der Waals surface area contributed by atoms with E-state index >= 15 is 0 Å². The van der Waals surface area contributed by atoms with Crippen molar-refractivity contribution in [2.75, 3.05) is 11.7 Å². The summed E-state index contributed by atoms with van der Waals surface area (Å²) in [5.41, 5.74) is 1.93. The zero-order valence-corrected chi connectivity index (χ0v) is 7.67. The summed E-state index contributed by atoms with van der Waals surface area (Å²) in [5.74, 6) is 0. The molecule has 1 heterocycles. The lowest BCUT2D eigenvalue weighted by atomic mass is 10.4. The number of nitrogens with zero attached hydrogens (tertiary/aromatic N) is 2. The van der Waals surface area contributed by atoms with Crippen LogP contribution in [0.5, 0.6) is 0 Å². The number of hydrogen-bond acceptors (Lipinski definition) is 4. The lowest BCUT2D eigenvalue weighted by Crippen LogP contribution is -2.38. The fraction of sp³-hybridized carbons (Fsp3) is 0.250. The molecule has 1 aromatic heterocycles. The van der Waals surface area contributed by atoms with E-state index in [4.69, 9.17) is 10.0 Å². The molecule has 0 saturated heterocycles. The molecule has 0 atom stereocenters. The molecule has 0 aromatic carbocycles. The SMILES string of the molecule is CCON(C(=O)NO)c1cccnc1. The van der Waals surface area contributed by atoms with Crippen LogP contribution in [0.15, 0.2) is 24.5 Å². The molecule has 6 nitrogen and oxygen atoms in total. The van der Waals surface area contributed by atoms with Crippen molar-refractivity contribution >= 4 is 11.7 Å². The Morgan fingerprint density at radius 1 is 1.79 bits per heavy atom. The monoisotopic (exact) mass is 197 g/mol. The van der Waals surface area contributed by atoms with E-state index in [1.165, 1.54) is 11.7 Å². The van der Waals surface area contributed by atoms with Crippen molar-refractivity contribution in [2.24, 2.45) is 0 Å². The van der Waals surface area contributed by atoms with E-state index in [-0.39, 0.29) is 0 Å². The molecular formula is C8H11N3O3. The highest BCUT2D eigenvalue weighted by molar-refractivity contribution is 5.88. The highest BCUT2D eigenvalue weighted by Gasteiger charge is 2.14. The van der Waals surface area contributed by atoms with E-state index in [9.17, 15) is 4.79 Å². The van der Waals surface area contributed by atoms with Crippen molar-refractivity contribution in [2.45, 2.75) is 6.92 Å². The highest BCUT2D eigenvalue weighted by atomic mass is 16.7. The summed E-state index contributed by atoms with van der Waals surface area (Å²) >= 11 is 0. The van der Waals surface area contributed by atoms with Crippen LogP contribution in [0.1, 0.15) is 6.92 Å². The van der Waals surface area contributed by atoms with Crippen molar-refractivity contribution in [3.8, 4) is 0 Å². The molecule has 0 aliphatic carbocycles. The second kappa shape index (κ2) is 5.15. The summed E-state index contributed by atoms with van der Waals surface area (Å²) < 4.78 is 0. The molecule has 6 heteroatoms. The number of anilines is 1. The van der Waals surface area contributed by atoms with Crippen LogP contribution in [0.4, 0.5) is 10.5 Å². The minimum atomic E-state index is -0.764. The summed E-state index contributed by atoms with van der Waals surface area (Å²) in [6.45, 7) is 2.04. The van der Waals surface area contributed by atoms with Crippen LogP contribution in [0.3, 0.4) is 0 Å². The Morgan fingerprint density at radius 2 is 2.57 bits per heavy atom. The first kappa shape index (κ1) is 10.4. The van der Waals surface area contributed by atoms with Crippen LogP contribution in [0, 0.1) is 0 Å². The maximum absolute atomic E-state index is 11.1. The molecule has 2 N–H and O–H groups in total. The smallest absolute Gasteiger partial charge is 0.287 e. The third-order valence-corrected chi connectivity index (χ3v) is 1.42. The van der Waals surface area contributed by atoms with E-state index in [0.717, 1.165) is 5.06 Å². The van der Waals surface area contributed by atoms with Gasteiger partial charge in [0.05, 0.1) is 18.5 Å². The number of amides is 2.